The maximum atomic E-state index is 6.68. The maximum Gasteiger partial charge on any atom is 0.0966 e. The lowest BCUT2D eigenvalue weighted by molar-refractivity contribution is 1.24. The van der Waals surface area contributed by atoms with Gasteiger partial charge >= 0.3 is 0 Å². The summed E-state index contributed by atoms with van der Waals surface area (Å²) in [6.07, 6.45) is 0. The summed E-state index contributed by atoms with van der Waals surface area (Å²) in [4.78, 5) is 15.2. The molecule has 0 bridgehead atoms. The Balaban J connectivity index is 1.72. The lowest BCUT2D eigenvalue weighted by Gasteiger charge is -2.13. The number of rotatable bonds is 6. The second-order valence-corrected chi connectivity index (χ2v) is 10.2. The summed E-state index contributed by atoms with van der Waals surface area (Å²) in [7, 11) is 0. The highest BCUT2D eigenvalue weighted by atomic mass is 35.5. The van der Waals surface area contributed by atoms with Gasteiger partial charge in [-0.2, -0.15) is 0 Å². The number of hydrogen-bond donors (Lipinski definition) is 0. The van der Waals surface area contributed by atoms with Crippen LogP contribution in [0.25, 0.3) is 0 Å². The summed E-state index contributed by atoms with van der Waals surface area (Å²) in [6.45, 7) is 6.06. The number of aromatic nitrogens is 1. The van der Waals surface area contributed by atoms with Gasteiger partial charge in [0.05, 0.1) is 44.2 Å². The van der Waals surface area contributed by atoms with Gasteiger partial charge < -0.3 is 0 Å². The first kappa shape index (κ1) is 26.6. The molecule has 3 nitrogen and oxygen atoms in total. The molecule has 4 aromatic carbocycles. The van der Waals surface area contributed by atoms with E-state index < -0.39 is 0 Å². The fraction of sp³-hybridized carbons (Fsp3) is 0.0882. The highest BCUT2D eigenvalue weighted by Gasteiger charge is 2.16. The quantitative estimate of drug-likeness (QED) is 0.195. The molecule has 0 aliphatic heterocycles. The number of aryl methyl sites for hydroxylation is 3. The molecule has 0 unspecified atom stereocenters. The van der Waals surface area contributed by atoms with Crippen molar-refractivity contribution in [3.05, 3.63) is 158 Å². The standard InChI is InChI=1S/C34H27Cl2N3/c1-22-20-24(3)32(28(36)21-22)39-34(26-15-8-5-9-16-26)30-19-11-18-29(37-30)33(25-13-6-4-7-14-25)38-31-23(2)12-10-17-27(31)35/h4-21H,1-3H3/b38-33+,39-34+. The van der Waals surface area contributed by atoms with E-state index in [1.807, 2.05) is 124 Å². The Morgan fingerprint density at radius 3 is 1.56 bits per heavy atom. The molecule has 0 fully saturated rings. The third kappa shape index (κ3) is 6.01. The molecular weight excluding hydrogens is 521 g/mol. The Bertz CT molecular complexity index is 1650. The molecule has 0 saturated carbocycles. The molecule has 0 spiro atoms. The van der Waals surface area contributed by atoms with E-state index in [0.717, 1.165) is 50.6 Å². The van der Waals surface area contributed by atoms with E-state index in [4.69, 9.17) is 38.2 Å². The van der Waals surface area contributed by atoms with E-state index in [0.29, 0.717) is 21.4 Å². The van der Waals surface area contributed by atoms with Crippen LogP contribution >= 0.6 is 23.2 Å². The van der Waals surface area contributed by atoms with Crippen LogP contribution in [0.15, 0.2) is 119 Å². The molecule has 0 aliphatic rings. The van der Waals surface area contributed by atoms with Crippen LogP contribution in [-0.2, 0) is 0 Å². The molecule has 0 aliphatic carbocycles. The number of hydrogen-bond acceptors (Lipinski definition) is 3. The normalized spacial score (nSPS) is 12.0. The van der Waals surface area contributed by atoms with Crippen molar-refractivity contribution in [2.24, 2.45) is 9.98 Å². The van der Waals surface area contributed by atoms with Crippen LogP contribution in [0, 0.1) is 20.8 Å². The van der Waals surface area contributed by atoms with Gasteiger partial charge in [0.15, 0.2) is 0 Å². The van der Waals surface area contributed by atoms with Gasteiger partial charge in [0.2, 0.25) is 0 Å². The predicted molar refractivity (Wildman–Crippen MR) is 165 cm³/mol. The van der Waals surface area contributed by atoms with Crippen molar-refractivity contribution in [3.8, 4) is 0 Å². The molecule has 5 aromatic rings. The maximum absolute atomic E-state index is 6.68. The van der Waals surface area contributed by atoms with Crippen molar-refractivity contribution in [1.29, 1.82) is 0 Å². The van der Waals surface area contributed by atoms with E-state index in [2.05, 4.69) is 6.07 Å². The van der Waals surface area contributed by atoms with Crippen LogP contribution in [0.2, 0.25) is 10.0 Å². The second-order valence-electron chi connectivity index (χ2n) is 9.38. The van der Waals surface area contributed by atoms with Crippen LogP contribution in [0.1, 0.15) is 39.2 Å². The Labute approximate surface area is 239 Å². The van der Waals surface area contributed by atoms with Crippen LogP contribution in [-0.4, -0.2) is 16.4 Å². The molecule has 39 heavy (non-hydrogen) atoms. The second kappa shape index (κ2) is 11.8. The average Bonchev–Trinajstić information content (AvgIpc) is 2.93. The van der Waals surface area contributed by atoms with Gasteiger partial charge in [-0.15, -0.1) is 0 Å². The van der Waals surface area contributed by atoms with Gasteiger partial charge in [0, 0.05) is 11.1 Å². The number of aliphatic imine (C=N–C) groups is 2. The van der Waals surface area contributed by atoms with Gasteiger partial charge in [-0.1, -0.05) is 108 Å². The lowest BCUT2D eigenvalue weighted by atomic mass is 10.0. The minimum atomic E-state index is 0.593. The number of benzene rings is 4. The zero-order valence-corrected chi connectivity index (χ0v) is 23.5. The first-order chi connectivity index (χ1) is 18.9. The van der Waals surface area contributed by atoms with Crippen LogP contribution in [0.5, 0.6) is 0 Å². The molecule has 1 aromatic heterocycles. The van der Waals surface area contributed by atoms with E-state index >= 15 is 0 Å². The number of para-hydroxylation sites is 1. The Morgan fingerprint density at radius 2 is 1.05 bits per heavy atom. The van der Waals surface area contributed by atoms with Crippen LogP contribution in [0.4, 0.5) is 11.4 Å². The molecule has 1 heterocycles. The van der Waals surface area contributed by atoms with Crippen molar-refractivity contribution < 1.29 is 0 Å². The van der Waals surface area contributed by atoms with Crippen LogP contribution in [0.3, 0.4) is 0 Å². The smallest absolute Gasteiger partial charge is 0.0966 e. The first-order valence-electron chi connectivity index (χ1n) is 12.7. The highest BCUT2D eigenvalue weighted by Crippen LogP contribution is 2.32. The Morgan fingerprint density at radius 1 is 0.538 bits per heavy atom. The van der Waals surface area contributed by atoms with Gasteiger partial charge in [0.25, 0.3) is 0 Å². The minimum Gasteiger partial charge on any atom is -0.244 e. The molecule has 5 rings (SSSR count). The monoisotopic (exact) mass is 547 g/mol. The fourth-order valence-electron chi connectivity index (χ4n) is 4.47. The minimum absolute atomic E-state index is 0.593. The highest BCUT2D eigenvalue weighted by molar-refractivity contribution is 6.34. The average molecular weight is 549 g/mol. The number of nitrogens with zero attached hydrogens (tertiary/aromatic N) is 3. The Hall–Kier alpha value is -4.05. The SMILES string of the molecule is Cc1cc(C)c(/N=C(\c2ccccc2)c2cccc(/C(=N/c3c(C)cccc3Cl)c3ccccc3)n2)c(Cl)c1. The Kier molecular flexibility index (Phi) is 8.02. The van der Waals surface area contributed by atoms with E-state index in [1.54, 1.807) is 0 Å². The zero-order chi connectivity index (χ0) is 27.4. The van der Waals surface area contributed by atoms with E-state index in [9.17, 15) is 0 Å². The fourth-order valence-corrected chi connectivity index (χ4v) is 5.10. The summed E-state index contributed by atoms with van der Waals surface area (Å²) in [5.74, 6) is 0. The van der Waals surface area contributed by atoms with Crippen molar-refractivity contribution in [2.45, 2.75) is 20.8 Å². The summed E-state index contributed by atoms with van der Waals surface area (Å²) >= 11 is 13.3. The zero-order valence-electron chi connectivity index (χ0n) is 22.0. The third-order valence-electron chi connectivity index (χ3n) is 6.36. The van der Waals surface area contributed by atoms with Gasteiger partial charge in [-0.3, -0.25) is 0 Å². The van der Waals surface area contributed by atoms with Crippen LogP contribution < -0.4 is 0 Å². The molecule has 5 heteroatoms. The molecule has 192 valence electrons. The molecule has 0 saturated heterocycles. The van der Waals surface area contributed by atoms with Gasteiger partial charge in [-0.25, -0.2) is 15.0 Å². The van der Waals surface area contributed by atoms with Gasteiger partial charge in [0.1, 0.15) is 0 Å². The van der Waals surface area contributed by atoms with E-state index in [1.165, 1.54) is 0 Å². The lowest BCUT2D eigenvalue weighted by Crippen LogP contribution is -2.12. The number of halogens is 2. The van der Waals surface area contributed by atoms with Gasteiger partial charge in [-0.05, 0) is 61.7 Å². The summed E-state index contributed by atoms with van der Waals surface area (Å²) in [6, 6.07) is 35.8. The van der Waals surface area contributed by atoms with Crippen molar-refractivity contribution in [3.63, 3.8) is 0 Å². The van der Waals surface area contributed by atoms with Crippen molar-refractivity contribution in [2.75, 3.05) is 0 Å². The molecular formula is C34H27Cl2N3. The molecule has 0 N–H and O–H groups in total. The van der Waals surface area contributed by atoms with E-state index in [-0.39, 0.29) is 0 Å². The predicted octanol–water partition coefficient (Wildman–Crippen LogP) is 9.65. The molecule has 0 atom stereocenters. The third-order valence-corrected chi connectivity index (χ3v) is 6.96. The first-order valence-corrected chi connectivity index (χ1v) is 13.4. The van der Waals surface area contributed by atoms with Crippen molar-refractivity contribution in [1.82, 2.24) is 4.98 Å². The summed E-state index contributed by atoms with van der Waals surface area (Å²) in [5, 5.41) is 1.20. The molecule has 0 radical (unpaired) electrons. The largest absolute Gasteiger partial charge is 0.244 e. The summed E-state index contributed by atoms with van der Waals surface area (Å²) < 4.78 is 0. The molecule has 0 amide bonds. The summed E-state index contributed by atoms with van der Waals surface area (Å²) in [5.41, 5.74) is 9.32. The van der Waals surface area contributed by atoms with Crippen molar-refractivity contribution >= 4 is 46.0 Å². The topological polar surface area (TPSA) is 37.6 Å². The number of pyridine rings is 1.